The quantitative estimate of drug-likeness (QED) is 0.669. The van der Waals surface area contributed by atoms with E-state index in [9.17, 15) is 0 Å². The first-order valence-corrected chi connectivity index (χ1v) is 6.49. The Hall–Kier alpha value is -1.50. The maximum atomic E-state index is 5.69. The van der Waals surface area contributed by atoms with Gasteiger partial charge in [0.15, 0.2) is 0 Å². The van der Waals surface area contributed by atoms with Crippen molar-refractivity contribution < 1.29 is 9.47 Å². The molecule has 1 aromatic carbocycles. The average molecular weight is 261 g/mol. The molecule has 0 spiro atoms. The molecule has 1 aromatic rings. The topological polar surface area (TPSA) is 44.5 Å². The molecule has 0 aliphatic rings. The first kappa shape index (κ1) is 15.6. The normalized spacial score (nSPS) is 10.8. The van der Waals surface area contributed by atoms with Crippen LogP contribution in [0.1, 0.15) is 31.9 Å². The Labute approximate surface area is 116 Å². The maximum Gasteiger partial charge on any atom is 0.122 e. The zero-order valence-electron chi connectivity index (χ0n) is 12.2. The molecule has 3 nitrogen and oxygen atoms in total. The molecule has 0 fully saturated rings. The van der Waals surface area contributed by atoms with E-state index in [1.165, 1.54) is 0 Å². The molecule has 0 amide bonds. The summed E-state index contributed by atoms with van der Waals surface area (Å²) in [6.07, 6.45) is 0. The van der Waals surface area contributed by atoms with E-state index in [0.717, 1.165) is 16.9 Å². The van der Waals surface area contributed by atoms with E-state index in [2.05, 4.69) is 11.8 Å². The Kier molecular flexibility index (Phi) is 5.88. The van der Waals surface area contributed by atoms with Crippen molar-refractivity contribution in [2.75, 3.05) is 19.8 Å². The molecule has 0 aliphatic carbocycles. The smallest absolute Gasteiger partial charge is 0.122 e. The summed E-state index contributed by atoms with van der Waals surface area (Å²) in [4.78, 5) is 0. The SMILES string of the molecule is Cc1cc(C#CCN)ccc1OCCOC(C)(C)C. The van der Waals surface area contributed by atoms with Crippen LogP contribution < -0.4 is 10.5 Å². The van der Waals surface area contributed by atoms with Crippen LogP contribution in [0.2, 0.25) is 0 Å². The monoisotopic (exact) mass is 261 g/mol. The number of rotatable bonds is 4. The fraction of sp³-hybridized carbons (Fsp3) is 0.500. The Morgan fingerprint density at radius 1 is 1.21 bits per heavy atom. The van der Waals surface area contributed by atoms with Gasteiger partial charge in [-0.15, -0.1) is 0 Å². The van der Waals surface area contributed by atoms with Crippen LogP contribution >= 0.6 is 0 Å². The first-order chi connectivity index (χ1) is 8.92. The van der Waals surface area contributed by atoms with Crippen LogP contribution in [0.3, 0.4) is 0 Å². The summed E-state index contributed by atoms with van der Waals surface area (Å²) in [5.74, 6) is 6.71. The molecule has 0 saturated carbocycles. The molecule has 19 heavy (non-hydrogen) atoms. The highest BCUT2D eigenvalue weighted by atomic mass is 16.5. The molecule has 3 heteroatoms. The number of hydrogen-bond donors (Lipinski definition) is 1. The maximum absolute atomic E-state index is 5.69. The number of aryl methyl sites for hydroxylation is 1. The minimum absolute atomic E-state index is 0.125. The summed E-state index contributed by atoms with van der Waals surface area (Å²) >= 11 is 0. The zero-order valence-corrected chi connectivity index (χ0v) is 12.2. The van der Waals surface area contributed by atoms with E-state index in [4.69, 9.17) is 15.2 Å². The van der Waals surface area contributed by atoms with Crippen LogP contribution in [0, 0.1) is 18.8 Å². The molecule has 0 aliphatic heterocycles. The first-order valence-electron chi connectivity index (χ1n) is 6.49. The third-order valence-electron chi connectivity index (χ3n) is 2.39. The van der Waals surface area contributed by atoms with E-state index >= 15 is 0 Å². The number of hydrogen-bond acceptors (Lipinski definition) is 3. The molecule has 1 rings (SSSR count). The van der Waals surface area contributed by atoms with Gasteiger partial charge in [-0.3, -0.25) is 0 Å². The summed E-state index contributed by atoms with van der Waals surface area (Å²) in [6, 6.07) is 5.88. The molecular weight excluding hydrogens is 238 g/mol. The van der Waals surface area contributed by atoms with Crippen molar-refractivity contribution in [2.24, 2.45) is 5.73 Å². The van der Waals surface area contributed by atoms with Gasteiger partial charge in [0.25, 0.3) is 0 Å². The van der Waals surface area contributed by atoms with E-state index in [1.54, 1.807) is 0 Å². The van der Waals surface area contributed by atoms with Gasteiger partial charge < -0.3 is 15.2 Å². The van der Waals surface area contributed by atoms with Crippen LogP contribution in [0.15, 0.2) is 18.2 Å². The average Bonchev–Trinajstić information content (AvgIpc) is 2.32. The lowest BCUT2D eigenvalue weighted by molar-refractivity contribution is -0.0163. The standard InChI is InChI=1S/C16H23NO2/c1-13-12-14(6-5-9-17)7-8-15(13)18-10-11-19-16(2,3)4/h7-8,12H,9-11,17H2,1-4H3. The Balaban J connectivity index is 2.51. The highest BCUT2D eigenvalue weighted by molar-refractivity contribution is 5.43. The lowest BCUT2D eigenvalue weighted by atomic mass is 10.1. The van der Waals surface area contributed by atoms with Crippen LogP contribution in [-0.2, 0) is 4.74 Å². The zero-order chi connectivity index (χ0) is 14.3. The van der Waals surface area contributed by atoms with Crippen LogP contribution in [0.4, 0.5) is 0 Å². The van der Waals surface area contributed by atoms with Crippen LogP contribution in [0.25, 0.3) is 0 Å². The predicted octanol–water partition coefficient (Wildman–Crippen LogP) is 2.50. The van der Waals surface area contributed by atoms with Crippen molar-refractivity contribution in [3.63, 3.8) is 0 Å². The Morgan fingerprint density at radius 3 is 2.53 bits per heavy atom. The predicted molar refractivity (Wildman–Crippen MR) is 78.3 cm³/mol. The van der Waals surface area contributed by atoms with Crippen molar-refractivity contribution in [2.45, 2.75) is 33.3 Å². The second-order valence-electron chi connectivity index (χ2n) is 5.30. The minimum Gasteiger partial charge on any atom is -0.491 e. The lowest BCUT2D eigenvalue weighted by Crippen LogP contribution is -2.22. The van der Waals surface area contributed by atoms with Gasteiger partial charge in [0.05, 0.1) is 18.8 Å². The molecule has 0 atom stereocenters. The molecular formula is C16H23NO2. The molecule has 0 unspecified atom stereocenters. The molecule has 2 N–H and O–H groups in total. The third kappa shape index (κ3) is 6.28. The fourth-order valence-corrected chi connectivity index (χ4v) is 1.54. The van der Waals surface area contributed by atoms with Gasteiger partial charge in [-0.2, -0.15) is 0 Å². The summed E-state index contributed by atoms with van der Waals surface area (Å²) < 4.78 is 11.3. The molecule has 104 valence electrons. The van der Waals surface area contributed by atoms with Crippen molar-refractivity contribution in [1.29, 1.82) is 0 Å². The van der Waals surface area contributed by atoms with Crippen molar-refractivity contribution in [3.8, 4) is 17.6 Å². The van der Waals surface area contributed by atoms with Crippen LogP contribution in [0.5, 0.6) is 5.75 Å². The summed E-state index contributed by atoms with van der Waals surface area (Å²) in [7, 11) is 0. The third-order valence-corrected chi connectivity index (χ3v) is 2.39. The van der Waals surface area contributed by atoms with Gasteiger partial charge in [-0.1, -0.05) is 11.8 Å². The molecule has 0 saturated heterocycles. The van der Waals surface area contributed by atoms with Crippen molar-refractivity contribution in [3.05, 3.63) is 29.3 Å². The van der Waals surface area contributed by atoms with E-state index in [0.29, 0.717) is 19.8 Å². The number of benzene rings is 1. The van der Waals surface area contributed by atoms with E-state index in [-0.39, 0.29) is 5.60 Å². The molecule has 0 heterocycles. The number of ether oxygens (including phenoxy) is 2. The van der Waals surface area contributed by atoms with Gasteiger partial charge in [-0.05, 0) is 51.5 Å². The second-order valence-corrected chi connectivity index (χ2v) is 5.30. The number of nitrogens with two attached hydrogens (primary N) is 1. The highest BCUT2D eigenvalue weighted by Crippen LogP contribution is 2.18. The van der Waals surface area contributed by atoms with Gasteiger partial charge in [0.2, 0.25) is 0 Å². The minimum atomic E-state index is -0.125. The largest absolute Gasteiger partial charge is 0.491 e. The molecule has 0 bridgehead atoms. The highest BCUT2D eigenvalue weighted by Gasteiger charge is 2.09. The van der Waals surface area contributed by atoms with Crippen molar-refractivity contribution in [1.82, 2.24) is 0 Å². The molecule has 0 radical (unpaired) electrons. The summed E-state index contributed by atoms with van der Waals surface area (Å²) in [5, 5.41) is 0. The van der Waals surface area contributed by atoms with Crippen LogP contribution in [-0.4, -0.2) is 25.4 Å². The van der Waals surface area contributed by atoms with Crippen molar-refractivity contribution >= 4 is 0 Å². The Bertz CT molecular complexity index is 464. The lowest BCUT2D eigenvalue weighted by Gasteiger charge is -2.19. The molecule has 0 aromatic heterocycles. The van der Waals surface area contributed by atoms with Gasteiger partial charge >= 0.3 is 0 Å². The fourth-order valence-electron chi connectivity index (χ4n) is 1.54. The van der Waals surface area contributed by atoms with E-state index in [1.807, 2.05) is 45.9 Å². The van der Waals surface area contributed by atoms with Gasteiger partial charge in [-0.25, -0.2) is 0 Å². The summed E-state index contributed by atoms with van der Waals surface area (Å²) in [6.45, 7) is 9.61. The van der Waals surface area contributed by atoms with Gasteiger partial charge in [0, 0.05) is 5.56 Å². The van der Waals surface area contributed by atoms with E-state index < -0.39 is 0 Å². The second kappa shape index (κ2) is 7.18. The summed E-state index contributed by atoms with van der Waals surface area (Å²) in [5.41, 5.74) is 7.25. The van der Waals surface area contributed by atoms with Gasteiger partial charge in [0.1, 0.15) is 12.4 Å². The Morgan fingerprint density at radius 2 is 1.95 bits per heavy atom.